The first-order valence-electron chi connectivity index (χ1n) is 39.8. The molecule has 119 heavy (non-hydrogen) atoms. The van der Waals surface area contributed by atoms with Crippen molar-refractivity contribution in [1.82, 2.24) is 39.9 Å². The number of aromatic nitrogens is 8. The third-order valence-electron chi connectivity index (χ3n) is 22.9. The number of fused-ring (bicyclic) bond motifs is 19. The van der Waals surface area contributed by atoms with E-state index in [2.05, 4.69) is 249 Å². The number of pyridine rings is 2. The number of rotatable bonds is 11. The lowest BCUT2D eigenvalue weighted by Crippen LogP contribution is -2.00. The maximum absolute atomic E-state index is 6.19. The van der Waals surface area contributed by atoms with Gasteiger partial charge in [-0.25, -0.2) is 39.9 Å². The van der Waals surface area contributed by atoms with Gasteiger partial charge in [-0.05, 0) is 120 Å². The molecule has 9 nitrogen and oxygen atoms in total. The van der Waals surface area contributed by atoms with Crippen molar-refractivity contribution in [2.24, 2.45) is 0 Å². The summed E-state index contributed by atoms with van der Waals surface area (Å²) in [6.07, 6.45) is 0. The quantitative estimate of drug-likeness (QED) is 0.117. The molecule has 0 saturated carbocycles. The number of nitrogens with zero attached hydrogens (tertiary/aromatic N) is 8. The highest BCUT2D eigenvalue weighted by Crippen LogP contribution is 2.48. The minimum atomic E-state index is 0.625. The van der Waals surface area contributed by atoms with Crippen LogP contribution >= 0.6 is 22.7 Å². The minimum absolute atomic E-state index is 0.625. The predicted octanol–water partition coefficient (Wildman–Crippen LogP) is 29.3. The van der Waals surface area contributed by atoms with Crippen molar-refractivity contribution < 1.29 is 4.42 Å². The van der Waals surface area contributed by atoms with E-state index in [0.29, 0.717) is 34.9 Å². The molecule has 0 N–H and O–H groups in total. The first kappa shape index (κ1) is 69.1. The second-order valence-electron chi connectivity index (χ2n) is 29.9. The average Bonchev–Trinajstić information content (AvgIpc) is 1.52. The third kappa shape index (κ3) is 12.3. The Balaban J connectivity index is 0.000000139. The molecule has 0 atom stereocenters. The largest absolute Gasteiger partial charge is 0.456 e. The lowest BCUT2D eigenvalue weighted by atomic mass is 9.91. The number of furan rings is 1. The maximum atomic E-state index is 6.19. The lowest BCUT2D eigenvalue weighted by Gasteiger charge is -2.13. The smallest absolute Gasteiger partial charge is 0.164 e. The van der Waals surface area contributed by atoms with Crippen LogP contribution in [0, 0.1) is 0 Å². The zero-order chi connectivity index (χ0) is 78.4. The van der Waals surface area contributed by atoms with Gasteiger partial charge >= 0.3 is 0 Å². The Morgan fingerprint density at radius 3 is 0.916 bits per heavy atom. The third-order valence-corrected chi connectivity index (χ3v) is 25.2. The van der Waals surface area contributed by atoms with Crippen LogP contribution in [0.3, 0.4) is 0 Å². The number of hydrogen-bond acceptors (Lipinski definition) is 11. The van der Waals surface area contributed by atoms with E-state index >= 15 is 0 Å². The highest BCUT2D eigenvalue weighted by Gasteiger charge is 2.23. The summed E-state index contributed by atoms with van der Waals surface area (Å²) in [6, 6.07) is 136. The standard InChI is InChI=1S/C54H32N4OS.C54H32N4S/c1-3-12-36(13-4-1)52-56-53(37-14-5-2-6-15-37)58-54(57-52)38-28-26-35(27-29-38)50-51-49(42-17-8-10-21-47(42)60-51)43-32-39(30-31-44(43)55-50)33-22-24-34(25-23-33)40-18-11-20-46-48(40)41-16-7-9-19-45(41)59-46;1-3-13-34(14-4-1)52-56-53(35-15-5-2-6-16-35)58-54(57-52)36-25-23-33(24-26-36)50-51-49(44-21-11-12-22-48(44)59-51)46-32-38(28-30-47(46)55-50)37-27-29-43-41-19-8-7-17-39(41)40-18-9-10-20-42(40)45(43)31-37/h1-32H;1-32H. The summed E-state index contributed by atoms with van der Waals surface area (Å²) in [5, 5.41) is 17.2. The highest BCUT2D eigenvalue weighted by molar-refractivity contribution is 7.27. The molecular formula is C108H64N8OS2. The van der Waals surface area contributed by atoms with Gasteiger partial charge in [-0.3, -0.25) is 0 Å². The minimum Gasteiger partial charge on any atom is -0.456 e. The van der Waals surface area contributed by atoms with Crippen LogP contribution in [0.2, 0.25) is 0 Å². The maximum Gasteiger partial charge on any atom is 0.164 e. The monoisotopic (exact) mass is 1550 g/mol. The first-order valence-corrected chi connectivity index (χ1v) is 41.4. The Hall–Kier alpha value is -15.4. The molecule has 7 heterocycles. The molecule has 24 rings (SSSR count). The topological polar surface area (TPSA) is 116 Å². The van der Waals surface area contributed by atoms with Crippen LogP contribution in [0.25, 0.3) is 241 Å². The predicted molar refractivity (Wildman–Crippen MR) is 496 cm³/mol. The van der Waals surface area contributed by atoms with Crippen LogP contribution in [-0.2, 0) is 0 Å². The SMILES string of the molecule is c1ccc(-c2nc(-c3ccccc3)nc(-c3ccc(-c4nc5ccc(-c6ccc(-c7cccc8oc9ccccc9c78)cc6)cc5c5c4sc4ccccc45)cc3)n2)cc1.c1ccc(-c2nc(-c3ccccc3)nc(-c3ccc(-c4nc5ccc(-c6ccc7c8ccccc8c8ccccc8c7c6)cc5c5c4sc4ccccc45)cc3)n2)cc1. The number of hydrogen-bond donors (Lipinski definition) is 0. The van der Waals surface area contributed by atoms with Crippen molar-refractivity contribution in [2.45, 2.75) is 0 Å². The summed E-state index contributed by atoms with van der Waals surface area (Å²) in [5.74, 6) is 3.83. The second-order valence-corrected chi connectivity index (χ2v) is 32.0. The van der Waals surface area contributed by atoms with Gasteiger partial charge in [0.25, 0.3) is 0 Å². The molecule has 0 unspecified atom stereocenters. The van der Waals surface area contributed by atoms with Gasteiger partial charge in [0.05, 0.1) is 31.8 Å². The van der Waals surface area contributed by atoms with Gasteiger partial charge in [-0.2, -0.15) is 0 Å². The fourth-order valence-electron chi connectivity index (χ4n) is 17.1. The molecule has 7 aromatic heterocycles. The van der Waals surface area contributed by atoms with Gasteiger partial charge in [-0.1, -0.05) is 334 Å². The van der Waals surface area contributed by atoms with E-state index in [-0.39, 0.29) is 0 Å². The van der Waals surface area contributed by atoms with E-state index in [4.69, 9.17) is 44.3 Å². The molecular weight excluding hydrogens is 1490 g/mol. The fraction of sp³-hybridized carbons (Fsp3) is 0. The van der Waals surface area contributed by atoms with E-state index in [1.807, 2.05) is 151 Å². The Bertz CT molecular complexity index is 7990. The molecule has 24 aromatic rings. The van der Waals surface area contributed by atoms with Crippen molar-refractivity contribution in [3.05, 3.63) is 388 Å². The Labute approximate surface area is 690 Å². The molecule has 0 aliphatic rings. The van der Waals surface area contributed by atoms with E-state index in [1.165, 1.54) is 89.4 Å². The zero-order valence-corrected chi connectivity index (χ0v) is 65.4. The first-order chi connectivity index (χ1) is 58.9. The van der Waals surface area contributed by atoms with E-state index < -0.39 is 0 Å². The van der Waals surface area contributed by atoms with Gasteiger partial charge in [0, 0.05) is 97.0 Å². The summed E-state index contributed by atoms with van der Waals surface area (Å²) in [7, 11) is 0. The molecule has 0 aliphatic heterocycles. The molecule has 0 aliphatic carbocycles. The molecule has 11 heteroatoms. The van der Waals surface area contributed by atoms with Crippen LogP contribution in [0.15, 0.2) is 393 Å². The van der Waals surface area contributed by atoms with Gasteiger partial charge in [0.1, 0.15) is 11.2 Å². The van der Waals surface area contributed by atoms with Crippen molar-refractivity contribution in [2.75, 3.05) is 0 Å². The molecule has 0 radical (unpaired) electrons. The molecule has 17 aromatic carbocycles. The van der Waals surface area contributed by atoms with Crippen LogP contribution in [0.5, 0.6) is 0 Å². The molecule has 0 saturated heterocycles. The second kappa shape index (κ2) is 28.8. The normalized spacial score (nSPS) is 11.7. The Morgan fingerprint density at radius 1 is 0.176 bits per heavy atom. The van der Waals surface area contributed by atoms with Crippen molar-refractivity contribution >= 4 is 139 Å². The summed E-state index contributed by atoms with van der Waals surface area (Å²) >= 11 is 3.61. The average molecular weight is 1550 g/mol. The lowest BCUT2D eigenvalue weighted by molar-refractivity contribution is 0.669. The number of benzene rings is 17. The van der Waals surface area contributed by atoms with Gasteiger partial charge in [0.15, 0.2) is 34.9 Å². The summed E-state index contributed by atoms with van der Waals surface area (Å²) in [6.45, 7) is 0. The summed E-state index contributed by atoms with van der Waals surface area (Å²) in [5.41, 5.74) is 20.4. The van der Waals surface area contributed by atoms with E-state index in [9.17, 15) is 0 Å². The van der Waals surface area contributed by atoms with Gasteiger partial charge < -0.3 is 4.42 Å². The van der Waals surface area contributed by atoms with Crippen molar-refractivity contribution in [3.8, 4) is 124 Å². The molecule has 554 valence electrons. The number of para-hydroxylation sites is 1. The summed E-state index contributed by atoms with van der Waals surface area (Å²) in [4.78, 5) is 40.4. The molecule has 0 bridgehead atoms. The number of thiophene rings is 2. The van der Waals surface area contributed by atoms with Crippen LogP contribution in [0.1, 0.15) is 0 Å². The Kier molecular flexibility index (Phi) is 16.8. The van der Waals surface area contributed by atoms with Gasteiger partial charge in [-0.15, -0.1) is 22.7 Å². The molecule has 0 amide bonds. The Morgan fingerprint density at radius 2 is 0.479 bits per heavy atom. The fourth-order valence-corrected chi connectivity index (χ4v) is 19.6. The van der Waals surface area contributed by atoms with Gasteiger partial charge in [0.2, 0.25) is 0 Å². The van der Waals surface area contributed by atoms with E-state index in [0.717, 1.165) is 116 Å². The van der Waals surface area contributed by atoms with Crippen LogP contribution in [-0.4, -0.2) is 39.9 Å². The van der Waals surface area contributed by atoms with Crippen molar-refractivity contribution in [3.63, 3.8) is 0 Å². The summed E-state index contributed by atoms with van der Waals surface area (Å²) < 4.78 is 11.0. The van der Waals surface area contributed by atoms with Crippen molar-refractivity contribution in [1.29, 1.82) is 0 Å². The van der Waals surface area contributed by atoms with E-state index in [1.54, 1.807) is 11.3 Å². The molecule has 0 spiro atoms. The zero-order valence-electron chi connectivity index (χ0n) is 63.8. The highest BCUT2D eigenvalue weighted by atomic mass is 32.1. The van der Waals surface area contributed by atoms with Crippen LogP contribution < -0.4 is 0 Å². The molecule has 0 fully saturated rings. The van der Waals surface area contributed by atoms with Crippen LogP contribution in [0.4, 0.5) is 0 Å².